The Hall–Kier alpha value is -2.35. The van der Waals surface area contributed by atoms with Gasteiger partial charge in [0.15, 0.2) is 11.5 Å². The van der Waals surface area contributed by atoms with E-state index in [2.05, 4.69) is 10.2 Å². The lowest BCUT2D eigenvalue weighted by Crippen LogP contribution is -2.32. The van der Waals surface area contributed by atoms with Gasteiger partial charge in [-0.2, -0.15) is 5.10 Å². The molecule has 21 heavy (non-hydrogen) atoms. The Labute approximate surface area is 119 Å². The van der Waals surface area contributed by atoms with Crippen LogP contribution in [0.5, 0.6) is 11.5 Å². The zero-order chi connectivity index (χ0) is 15.7. The number of carboxylic acid groups (broad SMARTS) is 1. The van der Waals surface area contributed by atoms with E-state index in [0.717, 1.165) is 0 Å². The van der Waals surface area contributed by atoms with Gasteiger partial charge in [0, 0.05) is 17.7 Å². The first kappa shape index (κ1) is 15.0. The number of aromatic amines is 1. The lowest BCUT2D eigenvalue weighted by Gasteiger charge is -2.12. The Bertz CT molecular complexity index is 699. The summed E-state index contributed by atoms with van der Waals surface area (Å²) in [4.78, 5) is 10.8. The maximum absolute atomic E-state index is 14.5. The first-order chi connectivity index (χ1) is 9.92. The number of fused-ring (bicyclic) bond motifs is 1. The fourth-order valence-corrected chi connectivity index (χ4v) is 2.23. The maximum Gasteiger partial charge on any atom is 0.320 e. The first-order valence-electron chi connectivity index (χ1n) is 6.17. The molecule has 0 bridgehead atoms. The van der Waals surface area contributed by atoms with Gasteiger partial charge in [0.2, 0.25) is 0 Å². The number of nitrogens with zero attached hydrogens (tertiary/aromatic N) is 1. The Morgan fingerprint density at radius 1 is 1.43 bits per heavy atom. The molecule has 1 aromatic carbocycles. The number of hydrogen-bond donors (Lipinski definition) is 3. The Balaban J connectivity index is 2.67. The van der Waals surface area contributed by atoms with Crippen LogP contribution in [0.25, 0.3) is 10.9 Å². The molecular formula is C13H16FN3O4. The van der Waals surface area contributed by atoms with E-state index in [1.807, 2.05) is 0 Å². The lowest BCUT2D eigenvalue weighted by molar-refractivity contribution is -0.138. The van der Waals surface area contributed by atoms with E-state index >= 15 is 0 Å². The number of carbonyl (C=O) groups is 1. The number of halogens is 1. The zero-order valence-corrected chi connectivity index (χ0v) is 11.9. The topological polar surface area (TPSA) is 110 Å². The van der Waals surface area contributed by atoms with Crippen LogP contribution in [0.15, 0.2) is 0 Å². The molecule has 0 aliphatic carbocycles. The van der Waals surface area contributed by atoms with E-state index < -0.39 is 17.8 Å². The van der Waals surface area contributed by atoms with Crippen LogP contribution in [0, 0.1) is 12.7 Å². The molecule has 0 spiro atoms. The highest BCUT2D eigenvalue weighted by Crippen LogP contribution is 2.40. The minimum absolute atomic E-state index is 0.0717. The Morgan fingerprint density at radius 3 is 2.57 bits per heavy atom. The van der Waals surface area contributed by atoms with E-state index in [-0.39, 0.29) is 34.4 Å². The standard InChI is InChI=1S/C13H16FN3O4/c1-5-9(14)8-7(4-6(15)13(18)19)16-17-10(8)12(21-3)11(5)20-2/h6H,4,15H2,1-3H3,(H,16,17)(H,18,19). The number of nitrogens with two attached hydrogens (primary N) is 1. The summed E-state index contributed by atoms with van der Waals surface area (Å²) in [6, 6.07) is -1.15. The molecule has 2 aromatic rings. The summed E-state index contributed by atoms with van der Waals surface area (Å²) in [5, 5.41) is 15.6. The lowest BCUT2D eigenvalue weighted by atomic mass is 10.0. The molecule has 0 amide bonds. The number of ether oxygens (including phenoxy) is 2. The number of hydrogen-bond acceptors (Lipinski definition) is 5. The van der Waals surface area contributed by atoms with Crippen LogP contribution in [-0.4, -0.2) is 41.5 Å². The molecule has 0 radical (unpaired) electrons. The van der Waals surface area contributed by atoms with Crippen molar-refractivity contribution >= 4 is 16.9 Å². The third-order valence-electron chi connectivity index (χ3n) is 3.30. The Morgan fingerprint density at radius 2 is 2.05 bits per heavy atom. The molecule has 0 aliphatic rings. The van der Waals surface area contributed by atoms with Crippen LogP contribution in [0.3, 0.4) is 0 Å². The van der Waals surface area contributed by atoms with Gasteiger partial charge in [-0.05, 0) is 6.92 Å². The molecule has 1 unspecified atom stereocenters. The summed E-state index contributed by atoms with van der Waals surface area (Å²) >= 11 is 0. The van der Waals surface area contributed by atoms with E-state index in [4.69, 9.17) is 20.3 Å². The van der Waals surface area contributed by atoms with Crippen LogP contribution in [0.4, 0.5) is 4.39 Å². The second kappa shape index (κ2) is 5.57. The molecular weight excluding hydrogens is 281 g/mol. The van der Waals surface area contributed by atoms with Gasteiger partial charge in [0.05, 0.1) is 19.6 Å². The van der Waals surface area contributed by atoms with E-state index in [9.17, 15) is 9.18 Å². The number of H-pyrrole nitrogens is 1. The first-order valence-corrected chi connectivity index (χ1v) is 6.17. The molecule has 0 saturated carbocycles. The molecule has 8 heteroatoms. The van der Waals surface area contributed by atoms with Crippen LogP contribution in [0.2, 0.25) is 0 Å². The highest BCUT2D eigenvalue weighted by atomic mass is 19.1. The summed E-state index contributed by atoms with van der Waals surface area (Å²) in [7, 11) is 2.83. The van der Waals surface area contributed by atoms with Crippen molar-refractivity contribution in [2.45, 2.75) is 19.4 Å². The van der Waals surface area contributed by atoms with Gasteiger partial charge in [-0.25, -0.2) is 4.39 Å². The van der Waals surface area contributed by atoms with Crippen molar-refractivity contribution < 1.29 is 23.8 Å². The maximum atomic E-state index is 14.5. The molecule has 2 rings (SSSR count). The monoisotopic (exact) mass is 297 g/mol. The molecule has 1 heterocycles. The SMILES string of the molecule is COc1c(C)c(F)c2c(CC(N)C(=O)O)[nH]nc2c1OC. The highest BCUT2D eigenvalue weighted by molar-refractivity contribution is 5.91. The average Bonchev–Trinajstić information content (AvgIpc) is 2.86. The third kappa shape index (κ3) is 2.38. The van der Waals surface area contributed by atoms with Crippen LogP contribution >= 0.6 is 0 Å². The van der Waals surface area contributed by atoms with Crippen molar-refractivity contribution in [3.63, 3.8) is 0 Å². The van der Waals surface area contributed by atoms with Gasteiger partial charge in [-0.3, -0.25) is 9.89 Å². The summed E-state index contributed by atoms with van der Waals surface area (Å²) < 4.78 is 24.9. The van der Waals surface area contributed by atoms with Gasteiger partial charge >= 0.3 is 5.97 Å². The molecule has 7 nitrogen and oxygen atoms in total. The number of rotatable bonds is 5. The van der Waals surface area contributed by atoms with E-state index in [0.29, 0.717) is 5.69 Å². The fourth-order valence-electron chi connectivity index (χ4n) is 2.23. The number of methoxy groups -OCH3 is 2. The van der Waals surface area contributed by atoms with Gasteiger partial charge in [0.25, 0.3) is 0 Å². The van der Waals surface area contributed by atoms with E-state index in [1.165, 1.54) is 14.2 Å². The number of benzene rings is 1. The van der Waals surface area contributed by atoms with Crippen LogP contribution in [-0.2, 0) is 11.2 Å². The number of aliphatic carboxylic acids is 1. The summed E-state index contributed by atoms with van der Waals surface area (Å²) in [6.07, 6.45) is -0.0717. The highest BCUT2D eigenvalue weighted by Gasteiger charge is 2.25. The largest absolute Gasteiger partial charge is 0.492 e. The minimum atomic E-state index is -1.17. The fraction of sp³-hybridized carbons (Fsp3) is 0.385. The van der Waals surface area contributed by atoms with Gasteiger partial charge in [0.1, 0.15) is 17.4 Å². The van der Waals surface area contributed by atoms with Crippen molar-refractivity contribution in [2.75, 3.05) is 14.2 Å². The van der Waals surface area contributed by atoms with Crippen molar-refractivity contribution in [1.29, 1.82) is 0 Å². The van der Waals surface area contributed by atoms with Crippen molar-refractivity contribution in [1.82, 2.24) is 10.2 Å². The van der Waals surface area contributed by atoms with Crippen molar-refractivity contribution in [2.24, 2.45) is 5.73 Å². The van der Waals surface area contributed by atoms with Crippen molar-refractivity contribution in [3.05, 3.63) is 17.1 Å². The number of aromatic nitrogens is 2. The van der Waals surface area contributed by atoms with Gasteiger partial charge in [-0.1, -0.05) is 0 Å². The molecule has 1 aromatic heterocycles. The van der Waals surface area contributed by atoms with Crippen LogP contribution < -0.4 is 15.2 Å². The molecule has 114 valence electrons. The second-order valence-corrected chi connectivity index (χ2v) is 4.58. The van der Waals surface area contributed by atoms with Crippen LogP contribution in [0.1, 0.15) is 11.3 Å². The summed E-state index contributed by atoms with van der Waals surface area (Å²) in [5.74, 6) is -1.17. The predicted octanol–water partition coefficient (Wildman–Crippen LogP) is 0.982. The van der Waals surface area contributed by atoms with E-state index in [1.54, 1.807) is 6.92 Å². The molecule has 4 N–H and O–H groups in total. The average molecular weight is 297 g/mol. The van der Waals surface area contributed by atoms with Gasteiger partial charge in [-0.15, -0.1) is 0 Å². The van der Waals surface area contributed by atoms with Crippen molar-refractivity contribution in [3.8, 4) is 11.5 Å². The third-order valence-corrected chi connectivity index (χ3v) is 3.30. The quantitative estimate of drug-likeness (QED) is 0.759. The predicted molar refractivity (Wildman–Crippen MR) is 73.2 cm³/mol. The summed E-state index contributed by atoms with van der Waals surface area (Å²) in [5.41, 5.74) is 6.29. The molecule has 0 fully saturated rings. The summed E-state index contributed by atoms with van der Waals surface area (Å²) in [6.45, 7) is 1.55. The number of carboxylic acids is 1. The second-order valence-electron chi connectivity index (χ2n) is 4.58. The molecule has 0 aliphatic heterocycles. The molecule has 0 saturated heterocycles. The number of nitrogens with one attached hydrogen (secondary N) is 1. The smallest absolute Gasteiger partial charge is 0.320 e. The zero-order valence-electron chi connectivity index (χ0n) is 11.9. The molecule has 1 atom stereocenters. The Kier molecular flexibility index (Phi) is 3.99. The minimum Gasteiger partial charge on any atom is -0.492 e. The normalized spacial score (nSPS) is 12.4. The van der Waals surface area contributed by atoms with Gasteiger partial charge < -0.3 is 20.3 Å².